The number of hydrogen-bond donors (Lipinski definition) is 2. The van der Waals surface area contributed by atoms with Gasteiger partial charge in [-0.1, -0.05) is 31.2 Å². The van der Waals surface area contributed by atoms with Gasteiger partial charge in [0, 0.05) is 64.8 Å². The number of piperazine rings is 1. The van der Waals surface area contributed by atoms with Crippen molar-refractivity contribution in [1.29, 1.82) is 0 Å². The summed E-state index contributed by atoms with van der Waals surface area (Å²) < 4.78 is 29.6. The van der Waals surface area contributed by atoms with Gasteiger partial charge in [-0.05, 0) is 55.5 Å². The van der Waals surface area contributed by atoms with Crippen LogP contribution in [-0.2, 0) is 6.54 Å². The van der Waals surface area contributed by atoms with E-state index in [0.29, 0.717) is 57.7 Å². The molecule has 0 spiro atoms. The number of hydrogen-bond acceptors (Lipinski definition) is 6. The smallest absolute Gasteiger partial charge is 0.253 e. The second kappa shape index (κ2) is 11.7. The lowest BCUT2D eigenvalue weighted by Crippen LogP contribution is -2.51. The molecule has 0 bridgehead atoms. The first kappa shape index (κ1) is 28.3. The largest absolute Gasteiger partial charge is 0.336 e. The number of anilines is 2. The van der Waals surface area contributed by atoms with E-state index in [1.807, 2.05) is 17.0 Å². The number of nitrogens with one attached hydrogen (secondary N) is 2. The molecule has 0 saturated carbocycles. The Hall–Kier alpha value is -4.21. The number of fused-ring (bicyclic) bond motifs is 3. The molecule has 1 atom stereocenters. The van der Waals surface area contributed by atoms with Crippen molar-refractivity contribution in [3.63, 3.8) is 0 Å². The molecular weight excluding hydrogens is 546 g/mol. The van der Waals surface area contributed by atoms with E-state index in [2.05, 4.69) is 27.5 Å². The minimum absolute atomic E-state index is 0. The highest BCUT2D eigenvalue weighted by molar-refractivity contribution is 6.31. The zero-order chi connectivity index (χ0) is 27.8. The van der Waals surface area contributed by atoms with E-state index in [-0.39, 0.29) is 37.2 Å². The number of nitrogens with zero attached hydrogens (tertiary/aromatic N) is 4. The van der Waals surface area contributed by atoms with Crippen molar-refractivity contribution in [2.24, 2.45) is 4.99 Å². The van der Waals surface area contributed by atoms with E-state index in [0.717, 1.165) is 6.54 Å². The van der Waals surface area contributed by atoms with E-state index >= 15 is 0 Å². The number of carbonyl (C=O) groups excluding carboxylic acids is 1. The molecule has 2 aliphatic heterocycles. The Morgan fingerprint density at radius 3 is 2.56 bits per heavy atom. The second-order valence-electron chi connectivity index (χ2n) is 9.83. The lowest BCUT2D eigenvalue weighted by molar-refractivity contribution is 0.0709. The standard InChI is InChI=1S/C30H25ClF2N6O.CH4/c1-17-16-39(12-11-34-17)29(40)18-5-8-21(9-6-18)37-30-36-15-19-14-35-28(26-24(32)3-2-4-25(26)33)23-13-20(31)7-10-22(23)27(19)38-30;/h2-10,13,15,17,34H,11-12,14,16H2,1H3,(H,36,37,38);1H4/t17-;/m0./s1. The normalized spacial score (nSPS) is 16.0. The monoisotopic (exact) mass is 574 g/mol. The third-order valence-electron chi connectivity index (χ3n) is 7.01. The minimum atomic E-state index is -0.711. The molecule has 2 N–H and O–H groups in total. The maximum atomic E-state index is 14.8. The maximum absolute atomic E-state index is 14.8. The Morgan fingerprint density at radius 1 is 1.07 bits per heavy atom. The number of halogens is 3. The Balaban J connectivity index is 0.00000337. The molecule has 3 aromatic carbocycles. The zero-order valence-corrected chi connectivity index (χ0v) is 22.3. The van der Waals surface area contributed by atoms with Gasteiger partial charge in [0.15, 0.2) is 0 Å². The number of benzene rings is 3. The molecule has 6 rings (SSSR count). The highest BCUT2D eigenvalue weighted by Crippen LogP contribution is 2.34. The van der Waals surface area contributed by atoms with E-state index in [4.69, 9.17) is 16.6 Å². The predicted molar refractivity (Wildman–Crippen MR) is 158 cm³/mol. The SMILES string of the molecule is C.C[C@H]1CN(C(=O)c2ccc(Nc3ncc4c(n3)-c3ccc(Cl)cc3C(c3c(F)cccc3F)=NC4)cc2)CCN1. The van der Waals surface area contributed by atoms with Gasteiger partial charge < -0.3 is 15.5 Å². The van der Waals surface area contributed by atoms with Crippen molar-refractivity contribution in [2.75, 3.05) is 25.0 Å². The van der Waals surface area contributed by atoms with E-state index in [1.165, 1.54) is 18.2 Å². The summed E-state index contributed by atoms with van der Waals surface area (Å²) in [5, 5.41) is 6.94. The molecule has 1 amide bonds. The van der Waals surface area contributed by atoms with Crippen LogP contribution < -0.4 is 10.6 Å². The van der Waals surface area contributed by atoms with Crippen molar-refractivity contribution in [2.45, 2.75) is 26.9 Å². The number of carbonyl (C=O) groups is 1. The van der Waals surface area contributed by atoms with Gasteiger partial charge in [0.2, 0.25) is 5.95 Å². The van der Waals surface area contributed by atoms with E-state index in [1.54, 1.807) is 36.5 Å². The van der Waals surface area contributed by atoms with Crippen LogP contribution in [0.15, 0.2) is 71.9 Å². The van der Waals surface area contributed by atoms with Gasteiger partial charge in [0.25, 0.3) is 5.91 Å². The minimum Gasteiger partial charge on any atom is -0.336 e. The van der Waals surface area contributed by atoms with Crippen LogP contribution in [0, 0.1) is 11.6 Å². The summed E-state index contributed by atoms with van der Waals surface area (Å²) in [4.78, 5) is 28.5. The fraction of sp³-hybridized carbons (Fsp3) is 0.226. The molecular formula is C31H29ClF2N6O. The molecule has 1 fully saturated rings. The first-order valence-corrected chi connectivity index (χ1v) is 13.3. The van der Waals surface area contributed by atoms with Crippen molar-refractivity contribution in [3.05, 3.63) is 106 Å². The van der Waals surface area contributed by atoms with Crippen molar-refractivity contribution < 1.29 is 13.6 Å². The van der Waals surface area contributed by atoms with Crippen LogP contribution in [0.4, 0.5) is 20.4 Å². The first-order valence-electron chi connectivity index (χ1n) is 12.9. The van der Waals surface area contributed by atoms with Crippen molar-refractivity contribution in [1.82, 2.24) is 20.2 Å². The first-order chi connectivity index (χ1) is 19.4. The summed E-state index contributed by atoms with van der Waals surface area (Å²) >= 11 is 6.30. The van der Waals surface area contributed by atoms with Gasteiger partial charge in [-0.3, -0.25) is 9.79 Å². The third kappa shape index (κ3) is 5.68. The summed E-state index contributed by atoms with van der Waals surface area (Å²) in [5.74, 6) is -1.09. The van der Waals surface area contributed by atoms with Crippen LogP contribution in [0.25, 0.3) is 11.3 Å². The summed E-state index contributed by atoms with van der Waals surface area (Å²) in [6.07, 6.45) is 1.65. The molecule has 41 heavy (non-hydrogen) atoms. The zero-order valence-electron chi connectivity index (χ0n) is 21.6. The van der Waals surface area contributed by atoms with Crippen LogP contribution in [0.5, 0.6) is 0 Å². The fourth-order valence-corrected chi connectivity index (χ4v) is 5.22. The molecule has 4 aromatic rings. The Kier molecular flexibility index (Phi) is 8.10. The molecule has 2 aliphatic rings. The second-order valence-corrected chi connectivity index (χ2v) is 10.3. The molecule has 0 aliphatic carbocycles. The third-order valence-corrected chi connectivity index (χ3v) is 7.24. The molecule has 7 nitrogen and oxygen atoms in total. The number of rotatable bonds is 4. The molecule has 10 heteroatoms. The lowest BCUT2D eigenvalue weighted by atomic mass is 9.95. The molecule has 0 radical (unpaired) electrons. The van der Waals surface area contributed by atoms with Gasteiger partial charge in [-0.2, -0.15) is 0 Å². The topological polar surface area (TPSA) is 82.5 Å². The average Bonchev–Trinajstić information content (AvgIpc) is 3.10. The number of amides is 1. The van der Waals surface area contributed by atoms with Crippen LogP contribution in [-0.4, -0.2) is 52.2 Å². The summed E-state index contributed by atoms with van der Waals surface area (Å²) in [6.45, 7) is 4.31. The lowest BCUT2D eigenvalue weighted by Gasteiger charge is -2.32. The molecule has 1 aromatic heterocycles. The number of aliphatic imine (C=N–C) groups is 1. The highest BCUT2D eigenvalue weighted by Gasteiger charge is 2.25. The van der Waals surface area contributed by atoms with Crippen LogP contribution in [0.3, 0.4) is 0 Å². The van der Waals surface area contributed by atoms with Crippen molar-refractivity contribution >= 4 is 34.9 Å². The van der Waals surface area contributed by atoms with E-state index in [9.17, 15) is 13.6 Å². The Bertz CT molecular complexity index is 1620. The molecule has 1 saturated heterocycles. The van der Waals surface area contributed by atoms with Crippen LogP contribution in [0.1, 0.15) is 41.4 Å². The fourth-order valence-electron chi connectivity index (χ4n) is 5.05. The Labute approximate surface area is 242 Å². The van der Waals surface area contributed by atoms with Crippen LogP contribution in [0.2, 0.25) is 5.02 Å². The Morgan fingerprint density at radius 2 is 1.83 bits per heavy atom. The van der Waals surface area contributed by atoms with Gasteiger partial charge in [0.1, 0.15) is 11.6 Å². The van der Waals surface area contributed by atoms with Crippen molar-refractivity contribution in [3.8, 4) is 11.3 Å². The summed E-state index contributed by atoms with van der Waals surface area (Å²) in [7, 11) is 0. The molecule has 3 heterocycles. The van der Waals surface area contributed by atoms with Crippen LogP contribution >= 0.6 is 11.6 Å². The van der Waals surface area contributed by atoms with Gasteiger partial charge in [-0.15, -0.1) is 0 Å². The van der Waals surface area contributed by atoms with Gasteiger partial charge in [-0.25, -0.2) is 18.7 Å². The maximum Gasteiger partial charge on any atom is 0.253 e. The number of aromatic nitrogens is 2. The van der Waals surface area contributed by atoms with Gasteiger partial charge >= 0.3 is 0 Å². The summed E-state index contributed by atoms with van der Waals surface area (Å²) in [6, 6.07) is 16.3. The molecule has 210 valence electrons. The van der Waals surface area contributed by atoms with E-state index < -0.39 is 11.6 Å². The average molecular weight is 575 g/mol. The molecule has 0 unspecified atom stereocenters. The predicted octanol–water partition coefficient (Wildman–Crippen LogP) is 6.24. The quantitative estimate of drug-likeness (QED) is 0.301. The highest BCUT2D eigenvalue weighted by atomic mass is 35.5. The van der Waals surface area contributed by atoms with Gasteiger partial charge in [0.05, 0.1) is 23.5 Å². The summed E-state index contributed by atoms with van der Waals surface area (Å²) in [5.41, 5.74) is 3.67.